The highest BCUT2D eigenvalue weighted by molar-refractivity contribution is 8.00. The molecule has 2 rings (SSSR count). The Labute approximate surface area is 124 Å². The molecule has 1 aromatic rings. The number of hydrogen-bond donors (Lipinski definition) is 1. The second-order valence-corrected chi connectivity index (χ2v) is 6.90. The summed E-state index contributed by atoms with van der Waals surface area (Å²) in [6.07, 6.45) is 0. The lowest BCUT2D eigenvalue weighted by Crippen LogP contribution is -2.44. The molecule has 1 amide bonds. The van der Waals surface area contributed by atoms with Gasteiger partial charge in [0.15, 0.2) is 0 Å². The zero-order chi connectivity index (χ0) is 14.5. The summed E-state index contributed by atoms with van der Waals surface area (Å²) in [6, 6.07) is 7.50. The van der Waals surface area contributed by atoms with Crippen molar-refractivity contribution in [3.63, 3.8) is 0 Å². The lowest BCUT2D eigenvalue weighted by Gasteiger charge is -2.34. The third-order valence-corrected chi connectivity index (χ3v) is 4.42. The SMILES string of the molecule is CC1CN(C(=O)c2ccccc2C#CCN)CC(C)S1. The zero-order valence-electron chi connectivity index (χ0n) is 11.9. The van der Waals surface area contributed by atoms with Crippen LogP contribution in [0.2, 0.25) is 0 Å². The van der Waals surface area contributed by atoms with Gasteiger partial charge in [-0.1, -0.05) is 37.8 Å². The maximum absolute atomic E-state index is 12.7. The Morgan fingerprint density at radius 3 is 2.65 bits per heavy atom. The van der Waals surface area contributed by atoms with E-state index in [4.69, 9.17) is 5.73 Å². The van der Waals surface area contributed by atoms with Gasteiger partial charge >= 0.3 is 0 Å². The molecule has 2 atom stereocenters. The Morgan fingerprint density at radius 1 is 1.35 bits per heavy atom. The number of rotatable bonds is 1. The second kappa shape index (κ2) is 6.83. The van der Waals surface area contributed by atoms with E-state index in [9.17, 15) is 4.79 Å². The van der Waals surface area contributed by atoms with Crippen molar-refractivity contribution in [3.05, 3.63) is 35.4 Å². The lowest BCUT2D eigenvalue weighted by atomic mass is 10.1. The van der Waals surface area contributed by atoms with Gasteiger partial charge in [-0.05, 0) is 12.1 Å². The number of nitrogens with two attached hydrogens (primary N) is 1. The molecule has 1 aliphatic heterocycles. The summed E-state index contributed by atoms with van der Waals surface area (Å²) in [4.78, 5) is 14.6. The minimum Gasteiger partial charge on any atom is -0.336 e. The number of amides is 1. The topological polar surface area (TPSA) is 46.3 Å². The summed E-state index contributed by atoms with van der Waals surface area (Å²) in [5.74, 6) is 5.89. The van der Waals surface area contributed by atoms with Gasteiger partial charge in [-0.15, -0.1) is 0 Å². The Morgan fingerprint density at radius 2 is 2.00 bits per heavy atom. The molecule has 1 fully saturated rings. The Kier molecular flexibility index (Phi) is 5.11. The van der Waals surface area contributed by atoms with Gasteiger partial charge in [-0.25, -0.2) is 0 Å². The summed E-state index contributed by atoms with van der Waals surface area (Å²) >= 11 is 1.94. The molecule has 1 heterocycles. The standard InChI is InChI=1S/C16H20N2OS/c1-12-10-18(11-13(2)20-12)16(19)15-8-4-3-6-14(15)7-5-9-17/h3-4,6,8,12-13H,9-11,17H2,1-2H3. The highest BCUT2D eigenvalue weighted by atomic mass is 32.2. The van der Waals surface area contributed by atoms with Crippen LogP contribution in [0.3, 0.4) is 0 Å². The van der Waals surface area contributed by atoms with Crippen LogP contribution in [-0.2, 0) is 0 Å². The molecule has 0 radical (unpaired) electrons. The first-order valence-corrected chi connectivity index (χ1v) is 7.78. The van der Waals surface area contributed by atoms with Crippen molar-refractivity contribution in [1.82, 2.24) is 4.90 Å². The molecule has 0 spiro atoms. The van der Waals surface area contributed by atoms with E-state index in [-0.39, 0.29) is 5.91 Å². The summed E-state index contributed by atoms with van der Waals surface area (Å²) in [5, 5.41) is 0.954. The highest BCUT2D eigenvalue weighted by Gasteiger charge is 2.27. The number of nitrogens with zero attached hydrogens (tertiary/aromatic N) is 1. The predicted molar refractivity (Wildman–Crippen MR) is 84.8 cm³/mol. The average molecular weight is 288 g/mol. The molecule has 4 heteroatoms. The van der Waals surface area contributed by atoms with Gasteiger partial charge in [0.1, 0.15) is 0 Å². The van der Waals surface area contributed by atoms with Gasteiger partial charge in [0.2, 0.25) is 0 Å². The fraction of sp³-hybridized carbons (Fsp3) is 0.438. The number of benzene rings is 1. The number of hydrogen-bond acceptors (Lipinski definition) is 3. The van der Waals surface area contributed by atoms with E-state index in [1.54, 1.807) is 0 Å². The van der Waals surface area contributed by atoms with Crippen molar-refractivity contribution in [2.24, 2.45) is 5.73 Å². The van der Waals surface area contributed by atoms with E-state index >= 15 is 0 Å². The van der Waals surface area contributed by atoms with Crippen LogP contribution in [0.1, 0.15) is 29.8 Å². The highest BCUT2D eigenvalue weighted by Crippen LogP contribution is 2.26. The smallest absolute Gasteiger partial charge is 0.255 e. The molecule has 1 saturated heterocycles. The van der Waals surface area contributed by atoms with Crippen LogP contribution >= 0.6 is 11.8 Å². The van der Waals surface area contributed by atoms with Crippen LogP contribution in [0.4, 0.5) is 0 Å². The van der Waals surface area contributed by atoms with E-state index < -0.39 is 0 Å². The van der Waals surface area contributed by atoms with E-state index in [1.165, 1.54) is 0 Å². The summed E-state index contributed by atoms with van der Waals surface area (Å²) in [6.45, 7) is 6.23. The molecular formula is C16H20N2OS. The van der Waals surface area contributed by atoms with E-state index in [2.05, 4.69) is 25.7 Å². The van der Waals surface area contributed by atoms with Gasteiger partial charge in [0, 0.05) is 29.2 Å². The molecular weight excluding hydrogens is 268 g/mol. The Hall–Kier alpha value is -1.44. The lowest BCUT2D eigenvalue weighted by molar-refractivity contribution is 0.0753. The third-order valence-electron chi connectivity index (χ3n) is 3.19. The van der Waals surface area contributed by atoms with Gasteiger partial charge in [-0.2, -0.15) is 11.8 Å². The van der Waals surface area contributed by atoms with E-state index in [1.807, 2.05) is 40.9 Å². The number of carbonyl (C=O) groups excluding carboxylic acids is 1. The van der Waals surface area contributed by atoms with Crippen molar-refractivity contribution in [2.45, 2.75) is 24.3 Å². The van der Waals surface area contributed by atoms with Crippen LogP contribution in [0.15, 0.2) is 24.3 Å². The first kappa shape index (κ1) is 15.0. The summed E-state index contributed by atoms with van der Waals surface area (Å²) in [7, 11) is 0. The van der Waals surface area contributed by atoms with Crippen molar-refractivity contribution >= 4 is 17.7 Å². The minimum absolute atomic E-state index is 0.0749. The van der Waals surface area contributed by atoms with Crippen molar-refractivity contribution < 1.29 is 4.79 Å². The fourth-order valence-corrected chi connectivity index (χ4v) is 3.76. The van der Waals surface area contributed by atoms with Crippen LogP contribution in [0, 0.1) is 11.8 Å². The van der Waals surface area contributed by atoms with Crippen LogP contribution in [-0.4, -0.2) is 40.9 Å². The van der Waals surface area contributed by atoms with Crippen molar-refractivity contribution in [1.29, 1.82) is 0 Å². The molecule has 1 aromatic carbocycles. The molecule has 0 saturated carbocycles. The molecule has 106 valence electrons. The Bertz CT molecular complexity index is 537. The molecule has 0 aromatic heterocycles. The van der Waals surface area contributed by atoms with Crippen molar-refractivity contribution in [2.75, 3.05) is 19.6 Å². The zero-order valence-corrected chi connectivity index (χ0v) is 12.7. The molecule has 0 bridgehead atoms. The minimum atomic E-state index is 0.0749. The molecule has 20 heavy (non-hydrogen) atoms. The molecule has 0 aliphatic carbocycles. The molecule has 2 unspecified atom stereocenters. The van der Waals surface area contributed by atoms with Gasteiger partial charge < -0.3 is 10.6 Å². The number of carbonyl (C=O) groups is 1. The average Bonchev–Trinajstić information content (AvgIpc) is 2.43. The van der Waals surface area contributed by atoms with Gasteiger partial charge in [-0.3, -0.25) is 4.79 Å². The van der Waals surface area contributed by atoms with Crippen LogP contribution in [0.5, 0.6) is 0 Å². The molecule has 1 aliphatic rings. The van der Waals surface area contributed by atoms with Crippen molar-refractivity contribution in [3.8, 4) is 11.8 Å². The predicted octanol–water partition coefficient (Wildman–Crippen LogP) is 1.96. The first-order chi connectivity index (χ1) is 9.61. The molecule has 2 N–H and O–H groups in total. The largest absolute Gasteiger partial charge is 0.336 e. The van der Waals surface area contributed by atoms with Gasteiger partial charge in [0.05, 0.1) is 12.1 Å². The summed E-state index contributed by atoms with van der Waals surface area (Å²) < 4.78 is 0. The Balaban J connectivity index is 2.24. The normalized spacial score (nSPS) is 22.1. The number of thioether (sulfide) groups is 1. The maximum Gasteiger partial charge on any atom is 0.255 e. The quantitative estimate of drug-likeness (QED) is 0.804. The van der Waals surface area contributed by atoms with Gasteiger partial charge in [0.25, 0.3) is 5.91 Å². The summed E-state index contributed by atoms with van der Waals surface area (Å²) in [5.41, 5.74) is 6.86. The fourth-order valence-electron chi connectivity index (χ4n) is 2.44. The van der Waals surface area contributed by atoms with E-state index in [0.717, 1.165) is 18.7 Å². The third kappa shape index (κ3) is 3.56. The second-order valence-electron chi connectivity index (χ2n) is 5.02. The monoisotopic (exact) mass is 288 g/mol. The maximum atomic E-state index is 12.7. The first-order valence-electron chi connectivity index (χ1n) is 6.84. The van der Waals surface area contributed by atoms with Crippen LogP contribution in [0.25, 0.3) is 0 Å². The molecule has 3 nitrogen and oxygen atoms in total. The van der Waals surface area contributed by atoms with E-state index in [0.29, 0.717) is 22.6 Å². The van der Waals surface area contributed by atoms with Crippen LogP contribution < -0.4 is 5.73 Å².